The van der Waals surface area contributed by atoms with E-state index in [-0.39, 0.29) is 5.91 Å². The number of benzene rings is 1. The molecule has 0 radical (unpaired) electrons. The van der Waals surface area contributed by atoms with E-state index in [2.05, 4.69) is 24.1 Å². The Hall–Kier alpha value is -1.39. The smallest absolute Gasteiger partial charge is 0.238 e. The molecule has 0 saturated heterocycles. The number of hydrogen-bond donors (Lipinski definition) is 2. The monoisotopic (exact) mass is 289 g/mol. The van der Waals surface area contributed by atoms with Crippen molar-refractivity contribution in [2.45, 2.75) is 39.2 Å². The highest BCUT2D eigenvalue weighted by molar-refractivity contribution is 5.92. The number of hydrogen-bond acceptors (Lipinski definition) is 3. The molecular weight excluding hydrogens is 262 g/mol. The number of carbonyl (C=O) groups excluding carboxylic acids is 1. The van der Waals surface area contributed by atoms with Gasteiger partial charge in [-0.2, -0.15) is 0 Å². The van der Waals surface area contributed by atoms with E-state index in [0.29, 0.717) is 25.0 Å². The van der Waals surface area contributed by atoms with Crippen molar-refractivity contribution in [3.63, 3.8) is 0 Å². The molecule has 0 aromatic heterocycles. The first-order valence-electron chi connectivity index (χ1n) is 7.78. The van der Waals surface area contributed by atoms with Gasteiger partial charge >= 0.3 is 0 Å². The van der Waals surface area contributed by atoms with Crippen LogP contribution in [-0.4, -0.2) is 37.0 Å². The van der Waals surface area contributed by atoms with Gasteiger partial charge in [0.15, 0.2) is 0 Å². The molecule has 4 nitrogen and oxygen atoms in total. The fraction of sp³-hybridized carbons (Fsp3) is 0.588. The van der Waals surface area contributed by atoms with Gasteiger partial charge in [-0.05, 0) is 69.5 Å². The summed E-state index contributed by atoms with van der Waals surface area (Å²) in [5.74, 6) is 0.577. The van der Waals surface area contributed by atoms with Crippen molar-refractivity contribution in [1.82, 2.24) is 4.90 Å². The summed E-state index contributed by atoms with van der Waals surface area (Å²) in [4.78, 5) is 14.3. The summed E-state index contributed by atoms with van der Waals surface area (Å²) >= 11 is 0. The lowest BCUT2D eigenvalue weighted by Gasteiger charge is -2.28. The van der Waals surface area contributed by atoms with E-state index < -0.39 is 0 Å². The minimum absolute atomic E-state index is 0.0448. The number of carbonyl (C=O) groups is 1. The molecule has 2 unspecified atom stereocenters. The van der Waals surface area contributed by atoms with Gasteiger partial charge in [-0.3, -0.25) is 9.69 Å². The molecule has 3 N–H and O–H groups in total. The number of amides is 1. The standard InChI is InChI=1S/C17H27N3O/c1-12-7-8-15(9-13(12)2)19-17(21)11-20(3)16-6-4-5-14(16)10-18/h7-9,14,16H,4-6,10-11,18H2,1-3H3,(H,19,21). The van der Waals surface area contributed by atoms with Gasteiger partial charge in [-0.25, -0.2) is 0 Å². The van der Waals surface area contributed by atoms with Crippen LogP contribution < -0.4 is 11.1 Å². The summed E-state index contributed by atoms with van der Waals surface area (Å²) in [5, 5.41) is 2.99. The number of nitrogens with one attached hydrogen (secondary N) is 1. The van der Waals surface area contributed by atoms with Crippen LogP contribution in [0.2, 0.25) is 0 Å². The Bertz CT molecular complexity index is 501. The summed E-state index contributed by atoms with van der Waals surface area (Å²) in [6.07, 6.45) is 3.55. The Balaban J connectivity index is 1.90. The van der Waals surface area contributed by atoms with Gasteiger partial charge in [0.05, 0.1) is 6.54 Å². The van der Waals surface area contributed by atoms with Gasteiger partial charge in [0, 0.05) is 11.7 Å². The van der Waals surface area contributed by atoms with Crippen LogP contribution in [-0.2, 0) is 4.79 Å². The van der Waals surface area contributed by atoms with Gasteiger partial charge in [-0.1, -0.05) is 12.5 Å². The highest BCUT2D eigenvalue weighted by Gasteiger charge is 2.29. The Morgan fingerprint density at radius 3 is 2.76 bits per heavy atom. The second kappa shape index (κ2) is 7.05. The van der Waals surface area contributed by atoms with Crippen LogP contribution >= 0.6 is 0 Å². The number of likely N-dealkylation sites (N-methyl/N-ethyl adjacent to an activating group) is 1. The van der Waals surface area contributed by atoms with E-state index in [0.717, 1.165) is 12.1 Å². The molecule has 1 aromatic rings. The van der Waals surface area contributed by atoms with Crippen LogP contribution in [0, 0.1) is 19.8 Å². The average molecular weight is 289 g/mol. The molecule has 21 heavy (non-hydrogen) atoms. The number of anilines is 1. The van der Waals surface area contributed by atoms with E-state index in [1.807, 2.05) is 25.2 Å². The Labute approximate surface area is 127 Å². The van der Waals surface area contributed by atoms with E-state index in [4.69, 9.17) is 5.73 Å². The zero-order chi connectivity index (χ0) is 15.4. The van der Waals surface area contributed by atoms with Crippen molar-refractivity contribution in [3.05, 3.63) is 29.3 Å². The van der Waals surface area contributed by atoms with Gasteiger partial charge in [0.25, 0.3) is 0 Å². The highest BCUT2D eigenvalue weighted by atomic mass is 16.2. The van der Waals surface area contributed by atoms with E-state index in [1.165, 1.54) is 24.0 Å². The summed E-state index contributed by atoms with van der Waals surface area (Å²) < 4.78 is 0. The predicted octanol–water partition coefficient (Wildman–Crippen LogP) is 2.30. The number of nitrogens with two attached hydrogens (primary N) is 1. The molecule has 4 heteroatoms. The van der Waals surface area contributed by atoms with E-state index in [9.17, 15) is 4.79 Å². The molecule has 116 valence electrons. The number of rotatable bonds is 5. The molecule has 1 fully saturated rings. The maximum atomic E-state index is 12.2. The number of aryl methyl sites for hydroxylation is 2. The molecule has 0 aliphatic heterocycles. The quantitative estimate of drug-likeness (QED) is 0.874. The molecule has 1 aliphatic carbocycles. The lowest BCUT2D eigenvalue weighted by atomic mass is 10.0. The SMILES string of the molecule is Cc1ccc(NC(=O)CN(C)C2CCCC2CN)cc1C. The van der Waals surface area contributed by atoms with Crippen molar-refractivity contribution in [1.29, 1.82) is 0 Å². The summed E-state index contributed by atoms with van der Waals surface area (Å²) in [6, 6.07) is 6.46. The third-order valence-corrected chi connectivity index (χ3v) is 4.67. The molecule has 1 amide bonds. The van der Waals surface area contributed by atoms with Crippen molar-refractivity contribution in [3.8, 4) is 0 Å². The number of nitrogens with zero attached hydrogens (tertiary/aromatic N) is 1. The first kappa shape index (κ1) is 16.0. The van der Waals surface area contributed by atoms with Gasteiger partial charge in [0.1, 0.15) is 0 Å². The maximum absolute atomic E-state index is 12.2. The summed E-state index contributed by atoms with van der Waals surface area (Å²) in [7, 11) is 2.03. The topological polar surface area (TPSA) is 58.4 Å². The van der Waals surface area contributed by atoms with Crippen LogP contribution in [0.3, 0.4) is 0 Å². The minimum atomic E-state index is 0.0448. The molecule has 1 aliphatic rings. The highest BCUT2D eigenvalue weighted by Crippen LogP contribution is 2.28. The van der Waals surface area contributed by atoms with Crippen molar-refractivity contribution < 1.29 is 4.79 Å². The molecule has 2 atom stereocenters. The fourth-order valence-corrected chi connectivity index (χ4v) is 3.24. The lowest BCUT2D eigenvalue weighted by molar-refractivity contribution is -0.117. The normalized spacial score (nSPS) is 21.8. The first-order chi connectivity index (χ1) is 10.0. The van der Waals surface area contributed by atoms with Crippen molar-refractivity contribution in [2.75, 3.05) is 25.5 Å². The zero-order valence-electron chi connectivity index (χ0n) is 13.4. The third kappa shape index (κ3) is 4.05. The molecule has 1 saturated carbocycles. The van der Waals surface area contributed by atoms with Crippen LogP contribution in [0.25, 0.3) is 0 Å². The van der Waals surface area contributed by atoms with E-state index in [1.54, 1.807) is 0 Å². The van der Waals surface area contributed by atoms with E-state index >= 15 is 0 Å². The molecular formula is C17H27N3O. The van der Waals surface area contributed by atoms with Crippen LogP contribution in [0.4, 0.5) is 5.69 Å². The van der Waals surface area contributed by atoms with Gasteiger partial charge in [0.2, 0.25) is 5.91 Å². The zero-order valence-corrected chi connectivity index (χ0v) is 13.4. The maximum Gasteiger partial charge on any atom is 0.238 e. The summed E-state index contributed by atoms with van der Waals surface area (Å²) in [6.45, 7) is 5.27. The Morgan fingerprint density at radius 1 is 1.33 bits per heavy atom. The minimum Gasteiger partial charge on any atom is -0.330 e. The lowest BCUT2D eigenvalue weighted by Crippen LogP contribution is -2.41. The Morgan fingerprint density at radius 2 is 2.10 bits per heavy atom. The van der Waals surface area contributed by atoms with Crippen molar-refractivity contribution in [2.24, 2.45) is 11.7 Å². The molecule has 0 spiro atoms. The van der Waals surface area contributed by atoms with Gasteiger partial charge in [-0.15, -0.1) is 0 Å². The summed E-state index contributed by atoms with van der Waals surface area (Å²) in [5.41, 5.74) is 9.13. The van der Waals surface area contributed by atoms with Gasteiger partial charge < -0.3 is 11.1 Å². The van der Waals surface area contributed by atoms with Crippen LogP contribution in [0.5, 0.6) is 0 Å². The molecule has 0 bridgehead atoms. The second-order valence-corrected chi connectivity index (χ2v) is 6.26. The van der Waals surface area contributed by atoms with Crippen LogP contribution in [0.15, 0.2) is 18.2 Å². The fourth-order valence-electron chi connectivity index (χ4n) is 3.24. The molecule has 2 rings (SSSR count). The first-order valence-corrected chi connectivity index (χ1v) is 7.78. The average Bonchev–Trinajstić information content (AvgIpc) is 2.91. The Kier molecular flexibility index (Phi) is 5.37. The van der Waals surface area contributed by atoms with Crippen molar-refractivity contribution >= 4 is 11.6 Å². The third-order valence-electron chi connectivity index (χ3n) is 4.67. The largest absolute Gasteiger partial charge is 0.330 e. The second-order valence-electron chi connectivity index (χ2n) is 6.26. The molecule has 0 heterocycles. The predicted molar refractivity (Wildman–Crippen MR) is 87.4 cm³/mol. The molecule has 1 aromatic carbocycles. The van der Waals surface area contributed by atoms with Crippen LogP contribution in [0.1, 0.15) is 30.4 Å².